The van der Waals surface area contributed by atoms with Crippen LogP contribution in [0.15, 0.2) is 72.8 Å². The fraction of sp³-hybridized carbons (Fsp3) is 0. The van der Waals surface area contributed by atoms with E-state index in [1.165, 1.54) is 18.2 Å². The fourth-order valence-electron chi connectivity index (χ4n) is 2.28. The number of hydrogen-bond donors (Lipinski definition) is 2. The second-order valence-electron chi connectivity index (χ2n) is 5.47. The number of carbonyl (C=O) groups excluding carboxylic acids is 2. The molecule has 3 aromatic carbocycles. The van der Waals surface area contributed by atoms with Crippen LogP contribution >= 0.6 is 0 Å². The van der Waals surface area contributed by atoms with Gasteiger partial charge in [0.05, 0.1) is 11.1 Å². The maximum atomic E-state index is 12.5. The molecular weight excluding hydrogens is 332 g/mol. The lowest BCUT2D eigenvalue weighted by Gasteiger charge is -2.10. The van der Waals surface area contributed by atoms with Crippen molar-refractivity contribution in [2.75, 3.05) is 11.5 Å². The van der Waals surface area contributed by atoms with Crippen LogP contribution in [-0.4, -0.2) is 11.9 Å². The summed E-state index contributed by atoms with van der Waals surface area (Å²) in [6.07, 6.45) is 0. The number of ether oxygens (including phenoxy) is 2. The highest BCUT2D eigenvalue weighted by molar-refractivity contribution is 6.04. The van der Waals surface area contributed by atoms with Crippen molar-refractivity contribution in [1.29, 1.82) is 0 Å². The molecule has 0 heterocycles. The van der Waals surface area contributed by atoms with Gasteiger partial charge in [0.25, 0.3) is 0 Å². The summed E-state index contributed by atoms with van der Waals surface area (Å²) in [4.78, 5) is 24.9. The normalized spacial score (nSPS) is 10.2. The molecule has 0 aromatic heterocycles. The summed E-state index contributed by atoms with van der Waals surface area (Å²) in [7, 11) is 0. The molecule has 0 saturated carbocycles. The molecule has 26 heavy (non-hydrogen) atoms. The third-order valence-electron chi connectivity index (χ3n) is 3.53. The molecule has 0 fully saturated rings. The third kappa shape index (κ3) is 3.99. The van der Waals surface area contributed by atoms with E-state index in [4.69, 9.17) is 20.9 Å². The predicted octanol–water partition coefficient (Wildman–Crippen LogP) is 3.29. The molecule has 0 bridgehead atoms. The zero-order chi connectivity index (χ0) is 18.5. The first-order chi connectivity index (χ1) is 12.5. The van der Waals surface area contributed by atoms with Crippen LogP contribution in [0.3, 0.4) is 0 Å². The van der Waals surface area contributed by atoms with Crippen molar-refractivity contribution in [3.63, 3.8) is 0 Å². The SMILES string of the molecule is Nc1ccc(OC(=O)c2ccccc2C(=O)Oc2cccc(N)c2)cc1. The molecule has 0 spiro atoms. The summed E-state index contributed by atoms with van der Waals surface area (Å²) in [6.45, 7) is 0. The molecule has 0 aliphatic rings. The van der Waals surface area contributed by atoms with Gasteiger partial charge in [-0.05, 0) is 48.5 Å². The molecule has 0 amide bonds. The van der Waals surface area contributed by atoms with Gasteiger partial charge < -0.3 is 20.9 Å². The molecule has 130 valence electrons. The number of hydrogen-bond acceptors (Lipinski definition) is 6. The summed E-state index contributed by atoms with van der Waals surface area (Å²) in [5, 5.41) is 0. The lowest BCUT2D eigenvalue weighted by atomic mass is 10.1. The Balaban J connectivity index is 1.81. The van der Waals surface area contributed by atoms with Gasteiger partial charge in [0, 0.05) is 17.4 Å². The highest BCUT2D eigenvalue weighted by Gasteiger charge is 2.20. The van der Waals surface area contributed by atoms with Crippen LogP contribution in [0.1, 0.15) is 20.7 Å². The van der Waals surface area contributed by atoms with Gasteiger partial charge in [0.1, 0.15) is 11.5 Å². The van der Waals surface area contributed by atoms with E-state index in [9.17, 15) is 9.59 Å². The van der Waals surface area contributed by atoms with E-state index in [1.54, 1.807) is 54.6 Å². The molecule has 0 atom stereocenters. The van der Waals surface area contributed by atoms with Crippen molar-refractivity contribution in [1.82, 2.24) is 0 Å². The topological polar surface area (TPSA) is 105 Å². The summed E-state index contributed by atoms with van der Waals surface area (Å²) in [5.41, 5.74) is 12.5. The molecule has 0 aliphatic heterocycles. The molecule has 0 unspecified atom stereocenters. The smallest absolute Gasteiger partial charge is 0.344 e. The fourth-order valence-corrected chi connectivity index (χ4v) is 2.28. The summed E-state index contributed by atoms with van der Waals surface area (Å²) in [5.74, 6) is -0.740. The molecule has 3 rings (SSSR count). The summed E-state index contributed by atoms with van der Waals surface area (Å²) >= 11 is 0. The second kappa shape index (κ2) is 7.40. The molecule has 0 radical (unpaired) electrons. The Hall–Kier alpha value is -3.80. The van der Waals surface area contributed by atoms with Crippen molar-refractivity contribution in [2.24, 2.45) is 0 Å². The molecule has 3 aromatic rings. The average Bonchev–Trinajstić information content (AvgIpc) is 2.63. The van der Waals surface area contributed by atoms with Crippen molar-refractivity contribution in [3.8, 4) is 11.5 Å². The van der Waals surface area contributed by atoms with Crippen LogP contribution in [0, 0.1) is 0 Å². The number of rotatable bonds is 4. The van der Waals surface area contributed by atoms with E-state index in [2.05, 4.69) is 0 Å². The zero-order valence-corrected chi connectivity index (χ0v) is 13.7. The van der Waals surface area contributed by atoms with E-state index in [-0.39, 0.29) is 16.9 Å². The van der Waals surface area contributed by atoms with Crippen molar-refractivity contribution < 1.29 is 19.1 Å². The van der Waals surface area contributed by atoms with Crippen LogP contribution in [0.2, 0.25) is 0 Å². The zero-order valence-electron chi connectivity index (χ0n) is 13.7. The van der Waals surface area contributed by atoms with Gasteiger partial charge in [0.15, 0.2) is 0 Å². The van der Waals surface area contributed by atoms with E-state index >= 15 is 0 Å². The Morgan fingerprint density at radius 2 is 1.19 bits per heavy atom. The Bertz CT molecular complexity index is 952. The first-order valence-corrected chi connectivity index (χ1v) is 7.77. The molecule has 0 saturated heterocycles. The van der Waals surface area contributed by atoms with E-state index < -0.39 is 11.9 Å². The van der Waals surface area contributed by atoms with E-state index in [0.717, 1.165) is 0 Å². The predicted molar refractivity (Wildman–Crippen MR) is 98.1 cm³/mol. The molecule has 6 heteroatoms. The Labute approximate surface area is 150 Å². The van der Waals surface area contributed by atoms with E-state index in [0.29, 0.717) is 17.1 Å². The third-order valence-corrected chi connectivity index (χ3v) is 3.53. The first-order valence-electron chi connectivity index (χ1n) is 7.77. The second-order valence-corrected chi connectivity index (χ2v) is 5.47. The number of carbonyl (C=O) groups is 2. The Morgan fingerprint density at radius 3 is 1.77 bits per heavy atom. The maximum absolute atomic E-state index is 12.5. The lowest BCUT2D eigenvalue weighted by Crippen LogP contribution is -2.17. The average molecular weight is 348 g/mol. The summed E-state index contributed by atoms with van der Waals surface area (Å²) < 4.78 is 10.6. The largest absolute Gasteiger partial charge is 0.423 e. The minimum absolute atomic E-state index is 0.0929. The van der Waals surface area contributed by atoms with Gasteiger partial charge in [-0.25, -0.2) is 9.59 Å². The quantitative estimate of drug-likeness (QED) is 0.426. The van der Waals surface area contributed by atoms with Crippen molar-refractivity contribution in [2.45, 2.75) is 0 Å². The number of benzene rings is 3. The Morgan fingerprint density at radius 1 is 0.615 bits per heavy atom. The summed E-state index contributed by atoms with van der Waals surface area (Å²) in [6, 6.07) is 19.1. The van der Waals surface area contributed by atoms with Crippen LogP contribution in [-0.2, 0) is 0 Å². The van der Waals surface area contributed by atoms with Gasteiger partial charge in [-0.3, -0.25) is 0 Å². The van der Waals surface area contributed by atoms with Gasteiger partial charge in [-0.15, -0.1) is 0 Å². The van der Waals surface area contributed by atoms with Gasteiger partial charge in [-0.1, -0.05) is 18.2 Å². The van der Waals surface area contributed by atoms with Crippen LogP contribution in [0.4, 0.5) is 11.4 Å². The first kappa shape index (κ1) is 17.0. The standard InChI is InChI=1S/C20H16N2O4/c21-13-8-10-15(11-9-13)25-19(23)17-6-1-2-7-18(17)20(24)26-16-5-3-4-14(22)12-16/h1-12H,21-22H2. The van der Waals surface area contributed by atoms with Gasteiger partial charge >= 0.3 is 11.9 Å². The van der Waals surface area contributed by atoms with Crippen LogP contribution in [0.25, 0.3) is 0 Å². The van der Waals surface area contributed by atoms with Gasteiger partial charge in [-0.2, -0.15) is 0 Å². The highest BCUT2D eigenvalue weighted by Crippen LogP contribution is 2.20. The monoisotopic (exact) mass is 348 g/mol. The minimum atomic E-state index is -0.680. The molecular formula is C20H16N2O4. The van der Waals surface area contributed by atoms with Crippen LogP contribution in [0.5, 0.6) is 11.5 Å². The maximum Gasteiger partial charge on any atom is 0.344 e. The number of esters is 2. The highest BCUT2D eigenvalue weighted by atomic mass is 16.5. The van der Waals surface area contributed by atoms with Gasteiger partial charge in [0.2, 0.25) is 0 Å². The Kier molecular flexibility index (Phi) is 4.85. The minimum Gasteiger partial charge on any atom is -0.423 e. The number of nitrogens with two attached hydrogens (primary N) is 2. The number of nitrogen functional groups attached to an aromatic ring is 2. The number of anilines is 2. The van der Waals surface area contributed by atoms with E-state index in [1.807, 2.05) is 0 Å². The van der Waals surface area contributed by atoms with Crippen LogP contribution < -0.4 is 20.9 Å². The molecule has 4 N–H and O–H groups in total. The van der Waals surface area contributed by atoms with Crippen molar-refractivity contribution in [3.05, 3.63) is 83.9 Å². The van der Waals surface area contributed by atoms with Crippen molar-refractivity contribution >= 4 is 23.3 Å². The lowest BCUT2D eigenvalue weighted by molar-refractivity contribution is 0.0692. The molecule has 6 nitrogen and oxygen atoms in total. The molecule has 0 aliphatic carbocycles.